The summed E-state index contributed by atoms with van der Waals surface area (Å²) in [5.74, 6) is -2.55. The zero-order chi connectivity index (χ0) is 17.0. The van der Waals surface area contributed by atoms with Crippen molar-refractivity contribution >= 4 is 23.3 Å². The summed E-state index contributed by atoms with van der Waals surface area (Å²) in [6.07, 6.45) is 0. The minimum atomic E-state index is -1.00. The molecule has 0 fully saturated rings. The van der Waals surface area contributed by atoms with E-state index in [-0.39, 0.29) is 23.9 Å². The number of benzene rings is 1. The number of rotatable bonds is 5. The second-order valence-electron chi connectivity index (χ2n) is 4.87. The third-order valence-electron chi connectivity index (χ3n) is 3.29. The molecule has 2 rings (SSSR count). The van der Waals surface area contributed by atoms with Crippen LogP contribution in [0.1, 0.15) is 18.5 Å². The van der Waals surface area contributed by atoms with Gasteiger partial charge in [-0.2, -0.15) is 0 Å². The van der Waals surface area contributed by atoms with Crippen LogP contribution in [-0.2, 0) is 14.3 Å². The molecule has 1 aromatic carbocycles. The van der Waals surface area contributed by atoms with E-state index in [9.17, 15) is 13.6 Å². The predicted molar refractivity (Wildman–Crippen MR) is 83.5 cm³/mol. The van der Waals surface area contributed by atoms with E-state index >= 15 is 0 Å². The molecule has 1 aromatic rings. The molecule has 0 saturated heterocycles. The van der Waals surface area contributed by atoms with Crippen LogP contribution in [0.2, 0.25) is 0 Å². The summed E-state index contributed by atoms with van der Waals surface area (Å²) in [5, 5.41) is 5.98. The summed E-state index contributed by atoms with van der Waals surface area (Å²) in [5.41, 5.74) is 1.11. The smallest absolute Gasteiger partial charge is 0.338 e. The van der Waals surface area contributed by atoms with Crippen LogP contribution in [0.25, 0.3) is 0 Å². The minimum Gasteiger partial charge on any atom is -0.460 e. The van der Waals surface area contributed by atoms with Crippen LogP contribution in [0.5, 0.6) is 0 Å². The molecule has 1 atom stereocenters. The Morgan fingerprint density at radius 1 is 1.30 bits per heavy atom. The van der Waals surface area contributed by atoms with Gasteiger partial charge in [-0.1, -0.05) is 6.07 Å². The number of halogens is 2. The molecule has 0 aliphatic carbocycles. The van der Waals surface area contributed by atoms with E-state index in [4.69, 9.17) is 21.7 Å². The number of carbonyl (C=O) groups is 1. The van der Waals surface area contributed by atoms with Crippen LogP contribution in [0.15, 0.2) is 29.5 Å². The van der Waals surface area contributed by atoms with Crippen LogP contribution >= 0.6 is 12.2 Å². The van der Waals surface area contributed by atoms with Crippen molar-refractivity contribution in [2.75, 3.05) is 20.3 Å². The summed E-state index contributed by atoms with van der Waals surface area (Å²) in [7, 11) is 1.49. The zero-order valence-electron chi connectivity index (χ0n) is 12.6. The molecule has 0 spiro atoms. The van der Waals surface area contributed by atoms with Crippen molar-refractivity contribution < 1.29 is 23.0 Å². The number of hydrogen-bond acceptors (Lipinski definition) is 4. The first-order valence-corrected chi connectivity index (χ1v) is 7.24. The topological polar surface area (TPSA) is 59.6 Å². The standard InChI is InChI=1S/C15H16F2N2O3S/c1-8-12(14(20)22-6-5-21-2)13(19-15(23)18-8)9-3-4-10(16)11(17)7-9/h3-4,7,13H,5-6H2,1-2H3,(H2,18,19,23)/t13-/m0/s1. The lowest BCUT2D eigenvalue weighted by atomic mass is 9.95. The molecule has 0 unspecified atom stereocenters. The van der Waals surface area contributed by atoms with Crippen molar-refractivity contribution in [3.63, 3.8) is 0 Å². The highest BCUT2D eigenvalue weighted by Gasteiger charge is 2.31. The van der Waals surface area contributed by atoms with Gasteiger partial charge in [0.2, 0.25) is 0 Å². The fourth-order valence-corrected chi connectivity index (χ4v) is 2.47. The molecule has 124 valence electrons. The van der Waals surface area contributed by atoms with Gasteiger partial charge in [-0.25, -0.2) is 13.6 Å². The molecule has 1 aliphatic rings. The molecule has 23 heavy (non-hydrogen) atoms. The van der Waals surface area contributed by atoms with E-state index in [0.29, 0.717) is 11.3 Å². The van der Waals surface area contributed by atoms with Crippen LogP contribution in [-0.4, -0.2) is 31.4 Å². The van der Waals surface area contributed by atoms with Gasteiger partial charge in [0.25, 0.3) is 0 Å². The third-order valence-corrected chi connectivity index (χ3v) is 3.51. The lowest BCUT2D eigenvalue weighted by Gasteiger charge is -2.29. The summed E-state index contributed by atoms with van der Waals surface area (Å²) < 4.78 is 36.6. The van der Waals surface area contributed by atoms with Crippen LogP contribution in [0.4, 0.5) is 8.78 Å². The van der Waals surface area contributed by atoms with Gasteiger partial charge >= 0.3 is 5.97 Å². The molecule has 0 radical (unpaired) electrons. The molecular weight excluding hydrogens is 326 g/mol. The molecule has 0 saturated carbocycles. The van der Waals surface area contributed by atoms with Crippen LogP contribution in [0.3, 0.4) is 0 Å². The summed E-state index contributed by atoms with van der Waals surface area (Å²) in [6, 6.07) is 2.69. The SMILES string of the molecule is COCCOC(=O)C1=C(C)NC(=S)N[C@H]1c1ccc(F)c(F)c1. The Bertz CT molecular complexity index is 664. The maximum Gasteiger partial charge on any atom is 0.338 e. The Morgan fingerprint density at radius 2 is 2.04 bits per heavy atom. The van der Waals surface area contributed by atoms with Gasteiger partial charge in [-0.05, 0) is 36.8 Å². The highest BCUT2D eigenvalue weighted by molar-refractivity contribution is 7.80. The number of ether oxygens (including phenoxy) is 2. The molecule has 0 aromatic heterocycles. The van der Waals surface area contributed by atoms with Crippen molar-refractivity contribution in [2.45, 2.75) is 13.0 Å². The van der Waals surface area contributed by atoms with Gasteiger partial charge in [0.15, 0.2) is 16.7 Å². The van der Waals surface area contributed by atoms with Crippen LogP contribution < -0.4 is 10.6 Å². The number of allylic oxidation sites excluding steroid dienone is 1. The quantitative estimate of drug-likeness (QED) is 0.485. The van der Waals surface area contributed by atoms with E-state index in [1.807, 2.05) is 0 Å². The predicted octanol–water partition coefficient (Wildman–Crippen LogP) is 1.95. The Balaban J connectivity index is 2.33. The fraction of sp³-hybridized carbons (Fsp3) is 0.333. The van der Waals surface area contributed by atoms with Crippen molar-refractivity contribution in [1.82, 2.24) is 10.6 Å². The maximum absolute atomic E-state index is 13.5. The van der Waals surface area contributed by atoms with Crippen molar-refractivity contribution in [3.8, 4) is 0 Å². The molecule has 5 nitrogen and oxygen atoms in total. The number of carbonyl (C=O) groups excluding carboxylic acids is 1. The molecule has 0 bridgehead atoms. The minimum absolute atomic E-state index is 0.0844. The Morgan fingerprint density at radius 3 is 2.70 bits per heavy atom. The molecule has 8 heteroatoms. The Labute approximate surface area is 137 Å². The van der Waals surface area contributed by atoms with E-state index < -0.39 is 23.6 Å². The highest BCUT2D eigenvalue weighted by Crippen LogP contribution is 2.28. The summed E-state index contributed by atoms with van der Waals surface area (Å²) >= 11 is 5.07. The molecule has 1 aliphatic heterocycles. The first kappa shape index (κ1) is 17.3. The zero-order valence-corrected chi connectivity index (χ0v) is 13.4. The van der Waals surface area contributed by atoms with Crippen molar-refractivity contribution in [3.05, 3.63) is 46.7 Å². The molecule has 0 amide bonds. The number of methoxy groups -OCH3 is 1. The number of hydrogen-bond donors (Lipinski definition) is 2. The van der Waals surface area contributed by atoms with E-state index in [2.05, 4.69) is 10.6 Å². The average molecular weight is 342 g/mol. The van der Waals surface area contributed by atoms with E-state index in [1.165, 1.54) is 13.2 Å². The number of thiocarbonyl (C=S) groups is 1. The second kappa shape index (κ2) is 7.47. The lowest BCUT2D eigenvalue weighted by Crippen LogP contribution is -2.45. The summed E-state index contributed by atoms with van der Waals surface area (Å²) in [4.78, 5) is 12.3. The van der Waals surface area contributed by atoms with Gasteiger partial charge in [0, 0.05) is 12.8 Å². The van der Waals surface area contributed by atoms with Crippen LogP contribution in [0, 0.1) is 11.6 Å². The fourth-order valence-electron chi connectivity index (χ4n) is 2.20. The first-order valence-electron chi connectivity index (χ1n) is 6.83. The van der Waals surface area contributed by atoms with E-state index in [0.717, 1.165) is 12.1 Å². The van der Waals surface area contributed by atoms with E-state index in [1.54, 1.807) is 6.92 Å². The molecular formula is C15H16F2N2O3S. The molecule has 2 N–H and O–H groups in total. The van der Waals surface area contributed by atoms with Gasteiger partial charge < -0.3 is 20.1 Å². The lowest BCUT2D eigenvalue weighted by molar-refractivity contribution is -0.140. The Kier molecular flexibility index (Phi) is 5.62. The largest absolute Gasteiger partial charge is 0.460 e. The maximum atomic E-state index is 13.5. The van der Waals surface area contributed by atoms with Gasteiger partial charge in [-0.3, -0.25) is 0 Å². The number of nitrogens with one attached hydrogen (secondary N) is 2. The van der Waals surface area contributed by atoms with Crippen molar-refractivity contribution in [1.29, 1.82) is 0 Å². The summed E-state index contributed by atoms with van der Waals surface area (Å²) in [6.45, 7) is 2.00. The second-order valence-corrected chi connectivity index (χ2v) is 5.28. The third kappa shape index (κ3) is 4.02. The van der Waals surface area contributed by atoms with Gasteiger partial charge in [0.05, 0.1) is 18.2 Å². The Hall–Kier alpha value is -2.06. The van der Waals surface area contributed by atoms with Gasteiger partial charge in [-0.15, -0.1) is 0 Å². The first-order chi connectivity index (χ1) is 10.9. The monoisotopic (exact) mass is 342 g/mol. The number of esters is 1. The normalized spacial score (nSPS) is 17.6. The van der Waals surface area contributed by atoms with Gasteiger partial charge in [0.1, 0.15) is 6.61 Å². The highest BCUT2D eigenvalue weighted by atomic mass is 32.1. The van der Waals surface area contributed by atoms with Crippen molar-refractivity contribution in [2.24, 2.45) is 0 Å². The average Bonchev–Trinajstić information content (AvgIpc) is 2.49. The molecule has 1 heterocycles.